The van der Waals surface area contributed by atoms with Crippen molar-refractivity contribution in [2.45, 2.75) is 13.0 Å². The van der Waals surface area contributed by atoms with Crippen molar-refractivity contribution >= 4 is 6.29 Å². The van der Waals surface area contributed by atoms with Crippen LogP contribution in [0.5, 0.6) is 0 Å². The number of rotatable bonds is 3. The number of nitrogens with zero attached hydrogens (tertiary/aromatic N) is 1. The van der Waals surface area contributed by atoms with Gasteiger partial charge in [0.25, 0.3) is 0 Å². The number of hydrogen-bond donors (Lipinski definition) is 1. The molecular weight excluding hydrogens is 200 g/mol. The van der Waals surface area contributed by atoms with Gasteiger partial charge in [-0.25, -0.2) is 0 Å². The summed E-state index contributed by atoms with van der Waals surface area (Å²) < 4.78 is 0. The zero-order chi connectivity index (χ0) is 11.4. The summed E-state index contributed by atoms with van der Waals surface area (Å²) in [5.74, 6) is 0. The Morgan fingerprint density at radius 3 is 2.81 bits per heavy atom. The number of piperazine rings is 1. The molecule has 1 aliphatic rings. The van der Waals surface area contributed by atoms with E-state index in [4.69, 9.17) is 0 Å². The Morgan fingerprint density at radius 2 is 2.19 bits per heavy atom. The van der Waals surface area contributed by atoms with Gasteiger partial charge in [0, 0.05) is 31.2 Å². The molecule has 1 unspecified atom stereocenters. The van der Waals surface area contributed by atoms with Crippen molar-refractivity contribution in [3.05, 3.63) is 35.4 Å². The highest BCUT2D eigenvalue weighted by Gasteiger charge is 2.21. The molecule has 16 heavy (non-hydrogen) atoms. The number of aldehydes is 1. The number of likely N-dealkylation sites (N-methyl/N-ethyl adjacent to an activating group) is 1. The van der Waals surface area contributed by atoms with Crippen LogP contribution in [0, 0.1) is 0 Å². The Kier molecular flexibility index (Phi) is 3.70. The van der Waals surface area contributed by atoms with Gasteiger partial charge in [-0.05, 0) is 12.1 Å². The van der Waals surface area contributed by atoms with E-state index in [1.165, 1.54) is 5.56 Å². The smallest absolute Gasteiger partial charge is 0.150 e. The third-order valence-electron chi connectivity index (χ3n) is 3.22. The lowest BCUT2D eigenvalue weighted by molar-refractivity contribution is 0.112. The van der Waals surface area contributed by atoms with Gasteiger partial charge in [0.1, 0.15) is 6.29 Å². The van der Waals surface area contributed by atoms with Crippen LogP contribution in [0.3, 0.4) is 0 Å². The van der Waals surface area contributed by atoms with E-state index in [0.29, 0.717) is 6.04 Å². The molecule has 3 heteroatoms. The Balaban J connectivity index is 2.17. The van der Waals surface area contributed by atoms with E-state index in [9.17, 15) is 4.79 Å². The number of carbonyl (C=O) groups is 1. The minimum absolute atomic E-state index is 0.444. The average molecular weight is 218 g/mol. The normalized spacial score (nSPS) is 21.9. The first-order valence-electron chi connectivity index (χ1n) is 5.85. The molecule has 1 aromatic carbocycles. The van der Waals surface area contributed by atoms with Crippen molar-refractivity contribution in [2.24, 2.45) is 0 Å². The number of benzene rings is 1. The monoisotopic (exact) mass is 218 g/mol. The summed E-state index contributed by atoms with van der Waals surface area (Å²) in [7, 11) is 0. The van der Waals surface area contributed by atoms with Gasteiger partial charge in [-0.15, -0.1) is 0 Å². The third-order valence-corrected chi connectivity index (χ3v) is 3.22. The highest BCUT2D eigenvalue weighted by molar-refractivity contribution is 5.74. The predicted molar refractivity (Wildman–Crippen MR) is 64.7 cm³/mol. The van der Waals surface area contributed by atoms with E-state index in [0.717, 1.165) is 38.0 Å². The minimum atomic E-state index is 0.444. The predicted octanol–water partition coefficient (Wildman–Crippen LogP) is 1.47. The molecule has 0 bridgehead atoms. The van der Waals surface area contributed by atoms with Crippen LogP contribution in [0.1, 0.15) is 28.9 Å². The first-order chi connectivity index (χ1) is 7.85. The molecule has 1 N–H and O–H groups in total. The van der Waals surface area contributed by atoms with Crippen LogP contribution in [0.25, 0.3) is 0 Å². The maximum absolute atomic E-state index is 10.6. The molecule has 86 valence electrons. The van der Waals surface area contributed by atoms with E-state index >= 15 is 0 Å². The van der Waals surface area contributed by atoms with E-state index in [1.54, 1.807) is 0 Å². The Bertz CT molecular complexity index is 347. The number of nitrogens with one attached hydrogen (secondary N) is 1. The minimum Gasteiger partial charge on any atom is -0.314 e. The lowest BCUT2D eigenvalue weighted by Gasteiger charge is -2.35. The van der Waals surface area contributed by atoms with Gasteiger partial charge in [0.15, 0.2) is 0 Å². The fraction of sp³-hybridized carbons (Fsp3) is 0.462. The molecule has 0 spiro atoms. The molecule has 0 aliphatic carbocycles. The molecule has 0 amide bonds. The molecule has 2 rings (SSSR count). The lowest BCUT2D eigenvalue weighted by atomic mass is 10.0. The summed E-state index contributed by atoms with van der Waals surface area (Å²) >= 11 is 0. The zero-order valence-electron chi connectivity index (χ0n) is 9.65. The van der Waals surface area contributed by atoms with Crippen molar-refractivity contribution in [3.63, 3.8) is 0 Å². The molecule has 1 heterocycles. The topological polar surface area (TPSA) is 32.3 Å². The second kappa shape index (κ2) is 5.23. The maximum atomic E-state index is 10.6. The highest BCUT2D eigenvalue weighted by atomic mass is 16.1. The van der Waals surface area contributed by atoms with Gasteiger partial charge in [-0.2, -0.15) is 0 Å². The largest absolute Gasteiger partial charge is 0.314 e. The van der Waals surface area contributed by atoms with Crippen LogP contribution in [0.2, 0.25) is 0 Å². The van der Waals surface area contributed by atoms with Crippen LogP contribution >= 0.6 is 0 Å². The molecule has 0 radical (unpaired) electrons. The molecule has 1 aliphatic heterocycles. The molecule has 1 fully saturated rings. The second-order valence-electron chi connectivity index (χ2n) is 4.13. The standard InChI is InChI=1S/C13H18N2O/c1-2-15-8-7-14-9-13(15)12-5-3-11(10-16)4-6-12/h3-6,10,13-14H,2,7-9H2,1H3. The average Bonchev–Trinajstić information content (AvgIpc) is 2.39. The van der Waals surface area contributed by atoms with Crippen molar-refractivity contribution in [1.29, 1.82) is 0 Å². The summed E-state index contributed by atoms with van der Waals surface area (Å²) in [5.41, 5.74) is 2.04. The molecule has 0 aromatic heterocycles. The fourth-order valence-corrected chi connectivity index (χ4v) is 2.25. The summed E-state index contributed by atoms with van der Waals surface area (Å²) in [6.07, 6.45) is 0.889. The molecule has 0 saturated carbocycles. The fourth-order valence-electron chi connectivity index (χ4n) is 2.25. The van der Waals surface area contributed by atoms with E-state index in [-0.39, 0.29) is 0 Å². The zero-order valence-corrected chi connectivity index (χ0v) is 9.65. The van der Waals surface area contributed by atoms with Crippen LogP contribution < -0.4 is 5.32 Å². The Morgan fingerprint density at radius 1 is 1.44 bits per heavy atom. The molecule has 1 aromatic rings. The van der Waals surface area contributed by atoms with Crippen molar-refractivity contribution < 1.29 is 4.79 Å². The Hall–Kier alpha value is -1.19. The molecule has 1 saturated heterocycles. The summed E-state index contributed by atoms with van der Waals surface area (Å²) in [6.45, 7) is 6.42. The Labute approximate surface area is 96.5 Å². The van der Waals surface area contributed by atoms with E-state index in [1.807, 2.05) is 12.1 Å². The summed E-state index contributed by atoms with van der Waals surface area (Å²) in [6, 6.07) is 8.35. The number of carbonyl (C=O) groups excluding carboxylic acids is 1. The van der Waals surface area contributed by atoms with Gasteiger partial charge in [0.2, 0.25) is 0 Å². The number of hydrogen-bond acceptors (Lipinski definition) is 3. The maximum Gasteiger partial charge on any atom is 0.150 e. The lowest BCUT2D eigenvalue weighted by Crippen LogP contribution is -2.45. The van der Waals surface area contributed by atoms with E-state index in [2.05, 4.69) is 29.3 Å². The summed E-state index contributed by atoms with van der Waals surface area (Å²) in [4.78, 5) is 13.1. The quantitative estimate of drug-likeness (QED) is 0.780. The molecular formula is C13H18N2O. The van der Waals surface area contributed by atoms with Crippen LogP contribution in [-0.4, -0.2) is 37.4 Å². The molecule has 3 nitrogen and oxygen atoms in total. The highest BCUT2D eigenvalue weighted by Crippen LogP contribution is 2.21. The van der Waals surface area contributed by atoms with E-state index < -0.39 is 0 Å². The molecule has 1 atom stereocenters. The third kappa shape index (κ3) is 2.31. The second-order valence-corrected chi connectivity index (χ2v) is 4.13. The van der Waals surface area contributed by atoms with Crippen LogP contribution in [0.4, 0.5) is 0 Å². The van der Waals surface area contributed by atoms with Gasteiger partial charge in [0.05, 0.1) is 0 Å². The van der Waals surface area contributed by atoms with Gasteiger partial charge >= 0.3 is 0 Å². The van der Waals surface area contributed by atoms with Crippen LogP contribution in [0.15, 0.2) is 24.3 Å². The van der Waals surface area contributed by atoms with Gasteiger partial charge in [-0.3, -0.25) is 9.69 Å². The van der Waals surface area contributed by atoms with Gasteiger partial charge in [-0.1, -0.05) is 31.2 Å². The van der Waals surface area contributed by atoms with Gasteiger partial charge < -0.3 is 5.32 Å². The first-order valence-corrected chi connectivity index (χ1v) is 5.85. The van der Waals surface area contributed by atoms with Crippen LogP contribution in [-0.2, 0) is 0 Å². The summed E-state index contributed by atoms with van der Waals surface area (Å²) in [5, 5.41) is 3.42. The van der Waals surface area contributed by atoms with Crippen molar-refractivity contribution in [3.8, 4) is 0 Å². The SMILES string of the molecule is CCN1CCNCC1c1ccc(C=O)cc1. The van der Waals surface area contributed by atoms with Crippen molar-refractivity contribution in [1.82, 2.24) is 10.2 Å². The van der Waals surface area contributed by atoms with Crippen molar-refractivity contribution in [2.75, 3.05) is 26.2 Å². The first kappa shape index (κ1) is 11.3.